The van der Waals surface area contributed by atoms with Crippen LogP contribution in [-0.2, 0) is 11.4 Å². The van der Waals surface area contributed by atoms with Gasteiger partial charge in [0.25, 0.3) is 0 Å². The summed E-state index contributed by atoms with van der Waals surface area (Å²) < 4.78 is 22.1. The Morgan fingerprint density at radius 2 is 1.82 bits per heavy atom. The van der Waals surface area contributed by atoms with Crippen LogP contribution >= 0.6 is 11.3 Å². The molecule has 1 aliphatic rings. The Morgan fingerprint density at radius 1 is 1.03 bits per heavy atom. The van der Waals surface area contributed by atoms with Gasteiger partial charge in [0.15, 0.2) is 0 Å². The molecule has 0 radical (unpaired) electrons. The Morgan fingerprint density at radius 3 is 2.68 bits per heavy atom. The Kier molecular flexibility index (Phi) is 5.07. The molecule has 8 heteroatoms. The van der Waals surface area contributed by atoms with E-state index in [9.17, 15) is 9.18 Å². The summed E-state index contributed by atoms with van der Waals surface area (Å²) >= 11 is 1.52. The number of ether oxygens (including phenoxy) is 1. The molecule has 1 atom stereocenters. The van der Waals surface area contributed by atoms with Gasteiger partial charge in [-0.05, 0) is 35.9 Å². The molecule has 5 aromatic rings. The van der Waals surface area contributed by atoms with Gasteiger partial charge in [-0.1, -0.05) is 53.8 Å². The van der Waals surface area contributed by atoms with Crippen LogP contribution in [0, 0.1) is 5.82 Å². The molecule has 3 heterocycles. The van der Waals surface area contributed by atoms with Crippen molar-refractivity contribution in [1.29, 1.82) is 0 Å². The van der Waals surface area contributed by atoms with Crippen molar-refractivity contribution in [2.75, 3.05) is 5.32 Å². The van der Waals surface area contributed by atoms with E-state index < -0.39 is 0 Å². The highest BCUT2D eigenvalue weighted by molar-refractivity contribution is 7.20. The fraction of sp³-hybridized carbons (Fsp3) is 0.115. The van der Waals surface area contributed by atoms with E-state index in [1.165, 1.54) is 23.5 Å². The molecule has 1 aliphatic heterocycles. The van der Waals surface area contributed by atoms with E-state index in [4.69, 9.17) is 4.74 Å². The summed E-state index contributed by atoms with van der Waals surface area (Å²) in [5.41, 5.74) is 3.58. The van der Waals surface area contributed by atoms with Crippen molar-refractivity contribution in [3.8, 4) is 10.9 Å². The molecule has 3 aromatic carbocycles. The first kappa shape index (κ1) is 20.6. The topological polar surface area (TPSA) is 69.0 Å². The maximum Gasteiger partial charge on any atom is 0.226 e. The van der Waals surface area contributed by atoms with Gasteiger partial charge in [0.2, 0.25) is 11.0 Å². The number of amides is 1. The molecule has 0 bridgehead atoms. The highest BCUT2D eigenvalue weighted by atomic mass is 32.1. The molecule has 0 saturated heterocycles. The van der Waals surface area contributed by atoms with Gasteiger partial charge in [0.1, 0.15) is 24.0 Å². The molecular weight excluding hydrogens is 451 g/mol. The van der Waals surface area contributed by atoms with Gasteiger partial charge in [-0.15, -0.1) is 0 Å². The molecular formula is C26H19FN4O2S. The summed E-state index contributed by atoms with van der Waals surface area (Å²) in [5, 5.41) is 8.26. The average Bonchev–Trinajstić information content (AvgIpc) is 3.47. The maximum absolute atomic E-state index is 13.2. The first-order valence-electron chi connectivity index (χ1n) is 10.9. The number of benzene rings is 3. The molecule has 6 rings (SSSR count). The van der Waals surface area contributed by atoms with E-state index in [2.05, 4.69) is 15.4 Å². The van der Waals surface area contributed by atoms with Crippen LogP contribution in [0.15, 0.2) is 79.0 Å². The molecule has 1 amide bonds. The molecule has 34 heavy (non-hydrogen) atoms. The largest absolute Gasteiger partial charge is 0.489 e. The summed E-state index contributed by atoms with van der Waals surface area (Å²) in [5.74, 6) is 0.735. The van der Waals surface area contributed by atoms with Gasteiger partial charge in [0.05, 0.1) is 16.4 Å². The fourth-order valence-corrected chi connectivity index (χ4v) is 5.16. The number of para-hydroxylation sites is 2. The predicted molar refractivity (Wildman–Crippen MR) is 129 cm³/mol. The van der Waals surface area contributed by atoms with Crippen LogP contribution < -0.4 is 10.1 Å². The zero-order valence-electron chi connectivity index (χ0n) is 17.9. The Bertz CT molecular complexity index is 1480. The second kappa shape index (κ2) is 8.39. The zero-order chi connectivity index (χ0) is 23.1. The first-order valence-corrected chi connectivity index (χ1v) is 11.7. The van der Waals surface area contributed by atoms with E-state index in [-0.39, 0.29) is 24.1 Å². The van der Waals surface area contributed by atoms with Crippen molar-refractivity contribution in [2.45, 2.75) is 18.9 Å². The van der Waals surface area contributed by atoms with Crippen molar-refractivity contribution in [3.63, 3.8) is 0 Å². The van der Waals surface area contributed by atoms with Crippen LogP contribution in [0.5, 0.6) is 5.75 Å². The van der Waals surface area contributed by atoms with Gasteiger partial charge in [-0.2, -0.15) is 9.78 Å². The number of nitrogens with one attached hydrogen (secondary N) is 1. The Hall–Kier alpha value is -4.04. The average molecular weight is 471 g/mol. The lowest BCUT2D eigenvalue weighted by atomic mass is 9.87. The first-order chi connectivity index (χ1) is 16.7. The minimum Gasteiger partial charge on any atom is -0.489 e. The standard InChI is InChI=1S/C26H19FN4O2S/c27-17-11-9-16(10-12-17)15-33-22-7-3-1-5-18(22)19-13-24(32)30-25-20(19)14-28-31(25)26-29-21-6-2-4-8-23(21)34-26/h1-12,14,19H,13,15H2,(H,30,32)/t19-/m0/s1. The molecule has 168 valence electrons. The number of hydrogen-bond donors (Lipinski definition) is 1. The summed E-state index contributed by atoms with van der Waals surface area (Å²) in [6.45, 7) is 0.300. The third-order valence-corrected chi connectivity index (χ3v) is 6.90. The molecule has 0 fully saturated rings. The highest BCUT2D eigenvalue weighted by Crippen LogP contribution is 2.42. The van der Waals surface area contributed by atoms with Crippen LogP contribution in [0.2, 0.25) is 0 Å². The van der Waals surface area contributed by atoms with Crippen molar-refractivity contribution >= 4 is 33.3 Å². The quantitative estimate of drug-likeness (QED) is 0.359. The number of aromatic nitrogens is 3. The molecule has 6 nitrogen and oxygen atoms in total. The summed E-state index contributed by atoms with van der Waals surface area (Å²) in [6.07, 6.45) is 2.08. The second-order valence-corrected chi connectivity index (χ2v) is 9.09. The number of halogens is 1. The second-order valence-electron chi connectivity index (χ2n) is 8.08. The van der Waals surface area contributed by atoms with E-state index in [1.54, 1.807) is 23.0 Å². The van der Waals surface area contributed by atoms with E-state index in [0.717, 1.165) is 26.9 Å². The number of carbonyl (C=O) groups excluding carboxylic acids is 1. The third kappa shape index (κ3) is 3.72. The summed E-state index contributed by atoms with van der Waals surface area (Å²) in [7, 11) is 0. The van der Waals surface area contributed by atoms with Crippen LogP contribution in [0.1, 0.15) is 29.0 Å². The SMILES string of the molecule is O=C1C[C@@H](c2ccccc2OCc2ccc(F)cc2)c2cnn(-c3nc4ccccc4s3)c2N1. The monoisotopic (exact) mass is 470 g/mol. The molecule has 1 N–H and O–H groups in total. The van der Waals surface area contributed by atoms with Gasteiger partial charge < -0.3 is 10.1 Å². The lowest BCUT2D eigenvalue weighted by molar-refractivity contribution is -0.116. The van der Waals surface area contributed by atoms with Crippen LogP contribution in [0.25, 0.3) is 15.3 Å². The smallest absolute Gasteiger partial charge is 0.226 e. The third-order valence-electron chi connectivity index (χ3n) is 5.89. The highest BCUT2D eigenvalue weighted by Gasteiger charge is 2.32. The molecule has 0 aliphatic carbocycles. The van der Waals surface area contributed by atoms with Crippen LogP contribution in [0.4, 0.5) is 10.2 Å². The molecule has 0 unspecified atom stereocenters. The zero-order valence-corrected chi connectivity index (χ0v) is 18.8. The van der Waals surface area contributed by atoms with Crippen LogP contribution in [-0.4, -0.2) is 20.7 Å². The van der Waals surface area contributed by atoms with E-state index in [1.807, 2.05) is 48.5 Å². The normalized spacial score (nSPS) is 15.2. The number of anilines is 1. The number of hydrogen-bond acceptors (Lipinski definition) is 5. The van der Waals surface area contributed by atoms with E-state index >= 15 is 0 Å². The minimum absolute atomic E-state index is 0.0892. The van der Waals surface area contributed by atoms with E-state index in [0.29, 0.717) is 23.3 Å². The molecule has 2 aromatic heterocycles. The van der Waals surface area contributed by atoms with Crippen molar-refractivity contribution in [1.82, 2.24) is 14.8 Å². The number of fused-ring (bicyclic) bond motifs is 2. The number of thiazole rings is 1. The number of rotatable bonds is 5. The van der Waals surface area contributed by atoms with Gasteiger partial charge >= 0.3 is 0 Å². The molecule has 0 spiro atoms. The van der Waals surface area contributed by atoms with Crippen molar-refractivity contribution < 1.29 is 13.9 Å². The minimum atomic E-state index is -0.282. The van der Waals surface area contributed by atoms with Gasteiger partial charge in [-0.3, -0.25) is 4.79 Å². The lowest BCUT2D eigenvalue weighted by Crippen LogP contribution is -2.24. The predicted octanol–water partition coefficient (Wildman–Crippen LogP) is 5.67. The Labute approximate surface area is 198 Å². The van der Waals surface area contributed by atoms with Gasteiger partial charge in [0, 0.05) is 23.5 Å². The van der Waals surface area contributed by atoms with Crippen LogP contribution in [0.3, 0.4) is 0 Å². The summed E-state index contributed by atoms with van der Waals surface area (Å²) in [4.78, 5) is 17.4. The molecule has 0 saturated carbocycles. The van der Waals surface area contributed by atoms with Crippen molar-refractivity contribution in [3.05, 3.63) is 102 Å². The van der Waals surface area contributed by atoms with Crippen molar-refractivity contribution in [2.24, 2.45) is 0 Å². The maximum atomic E-state index is 13.2. The number of carbonyl (C=O) groups is 1. The lowest BCUT2D eigenvalue weighted by Gasteiger charge is -2.25. The number of nitrogens with zero attached hydrogens (tertiary/aromatic N) is 3. The van der Waals surface area contributed by atoms with Gasteiger partial charge in [-0.25, -0.2) is 9.37 Å². The Balaban J connectivity index is 1.35. The summed E-state index contributed by atoms with van der Waals surface area (Å²) in [6, 6.07) is 21.8. The fourth-order valence-electron chi connectivity index (χ4n) is 4.23.